The molecule has 0 amide bonds. The molecule has 4 nitrogen and oxygen atoms in total. The fourth-order valence-electron chi connectivity index (χ4n) is 2.16. The topological polar surface area (TPSA) is 67.3 Å². The molecular weight excluding hydrogens is 393 g/mol. The van der Waals surface area contributed by atoms with Gasteiger partial charge in [0.1, 0.15) is 0 Å². The molecule has 1 rings (SSSR count). The predicted molar refractivity (Wildman–Crippen MR) is 93.0 cm³/mol. The number of rotatable bonds is 11. The lowest BCUT2D eigenvalue weighted by Crippen LogP contribution is -2.27. The number of hydrogen-bond donors (Lipinski definition) is 1. The minimum Gasteiger partial charge on any atom is -0.281 e. The number of hydrogen-bond acceptors (Lipinski definition) is 3. The molecule has 0 aliphatic carbocycles. The summed E-state index contributed by atoms with van der Waals surface area (Å²) in [4.78, 5) is 3.78. The van der Waals surface area contributed by atoms with Crippen LogP contribution in [0.5, 0.6) is 0 Å². The highest BCUT2D eigenvalue weighted by Gasteiger charge is 2.42. The Hall–Kier alpha value is -1.29. The maximum Gasteiger partial charge on any atom is 0.389 e. The molecule has 1 aromatic heterocycles. The zero-order valence-electron chi connectivity index (χ0n) is 15.0. The van der Waals surface area contributed by atoms with Gasteiger partial charge in [0.05, 0.1) is 0 Å². The Morgan fingerprint density at radius 1 is 0.704 bits per heavy atom. The summed E-state index contributed by atoms with van der Waals surface area (Å²) in [5.74, 6) is 0. The van der Waals surface area contributed by atoms with Crippen molar-refractivity contribution in [2.45, 2.75) is 75.6 Å². The van der Waals surface area contributed by atoms with Gasteiger partial charge in [0.15, 0.2) is 0 Å². The van der Waals surface area contributed by atoms with E-state index in [2.05, 4.69) is 4.98 Å². The second-order valence-corrected chi connectivity index (χ2v) is 7.63. The van der Waals surface area contributed by atoms with Crippen molar-refractivity contribution in [3.05, 3.63) is 30.6 Å². The molecule has 27 heavy (non-hydrogen) atoms. The van der Waals surface area contributed by atoms with E-state index in [0.29, 0.717) is 32.1 Å². The molecule has 0 aliphatic rings. The number of unbranched alkanes of at least 4 members (excludes halogenated alkanes) is 7. The van der Waals surface area contributed by atoms with Crippen LogP contribution in [0.25, 0.3) is 0 Å². The molecule has 0 saturated carbocycles. The maximum atomic E-state index is 12.8. The zero-order chi connectivity index (χ0) is 20.8. The van der Waals surface area contributed by atoms with E-state index in [1.165, 1.54) is 0 Å². The van der Waals surface area contributed by atoms with Crippen LogP contribution >= 0.6 is 0 Å². The smallest absolute Gasteiger partial charge is 0.281 e. The fourth-order valence-corrected chi connectivity index (χ4v) is 2.56. The van der Waals surface area contributed by atoms with Gasteiger partial charge in [0.2, 0.25) is 0 Å². The SMILES string of the molecule is O=S(=O)(O)C(F)(F)CCCCCCCCCCC(F)(F)F.c1ccncc1. The van der Waals surface area contributed by atoms with Crippen LogP contribution in [-0.4, -0.2) is 29.4 Å². The lowest BCUT2D eigenvalue weighted by Gasteiger charge is -2.12. The Morgan fingerprint density at radius 3 is 1.41 bits per heavy atom. The van der Waals surface area contributed by atoms with Crippen molar-refractivity contribution in [1.29, 1.82) is 0 Å². The Balaban J connectivity index is 0.000000941. The normalized spacial score (nSPS) is 12.4. The molecule has 0 saturated heterocycles. The monoisotopic (exact) mass is 419 g/mol. The summed E-state index contributed by atoms with van der Waals surface area (Å²) < 4.78 is 90.0. The third-order valence-electron chi connectivity index (χ3n) is 3.62. The molecule has 0 aliphatic heterocycles. The van der Waals surface area contributed by atoms with Crippen LogP contribution in [-0.2, 0) is 10.1 Å². The van der Waals surface area contributed by atoms with Gasteiger partial charge in [-0.3, -0.25) is 9.54 Å². The first-order valence-corrected chi connectivity index (χ1v) is 10.2. The summed E-state index contributed by atoms with van der Waals surface area (Å²) in [6.45, 7) is 0. The van der Waals surface area contributed by atoms with Crippen molar-refractivity contribution >= 4 is 10.1 Å². The molecule has 0 radical (unpaired) electrons. The lowest BCUT2D eigenvalue weighted by molar-refractivity contribution is -0.135. The molecule has 1 heterocycles. The number of aromatic nitrogens is 1. The van der Waals surface area contributed by atoms with Gasteiger partial charge < -0.3 is 0 Å². The van der Waals surface area contributed by atoms with Crippen molar-refractivity contribution in [3.63, 3.8) is 0 Å². The van der Waals surface area contributed by atoms with E-state index in [0.717, 1.165) is 6.42 Å². The van der Waals surface area contributed by atoms with Crippen LogP contribution < -0.4 is 0 Å². The van der Waals surface area contributed by atoms with Crippen molar-refractivity contribution in [3.8, 4) is 0 Å². The first-order chi connectivity index (χ1) is 12.5. The van der Waals surface area contributed by atoms with Gasteiger partial charge in [0.25, 0.3) is 0 Å². The third kappa shape index (κ3) is 15.5. The van der Waals surface area contributed by atoms with Crippen molar-refractivity contribution in [2.24, 2.45) is 0 Å². The summed E-state index contributed by atoms with van der Waals surface area (Å²) in [5, 5.41) is -4.11. The second-order valence-electron chi connectivity index (χ2n) is 6.08. The van der Waals surface area contributed by atoms with E-state index in [4.69, 9.17) is 4.55 Å². The van der Waals surface area contributed by atoms with Gasteiger partial charge in [-0.2, -0.15) is 30.4 Å². The standard InChI is InChI=1S/C12H21F5O3S.C5H5N/c13-11(14,15)9-7-5-3-1-2-4-6-8-10-12(16,17)21(18,19)20;1-2-4-6-5-3-1/h1-10H2,(H,18,19,20);1-5H. The Kier molecular flexibility index (Phi) is 12.4. The highest BCUT2D eigenvalue weighted by molar-refractivity contribution is 7.86. The Bertz CT molecular complexity index is 553. The summed E-state index contributed by atoms with van der Waals surface area (Å²) in [6.07, 6.45) is 1.36. The molecule has 0 bridgehead atoms. The molecule has 10 heteroatoms. The second kappa shape index (κ2) is 13.0. The van der Waals surface area contributed by atoms with Gasteiger partial charge in [-0.25, -0.2) is 0 Å². The molecular formula is C17H26F5NO3S. The quantitative estimate of drug-likeness (QED) is 0.271. The van der Waals surface area contributed by atoms with Crippen LogP contribution in [0.15, 0.2) is 30.6 Å². The number of halogens is 5. The number of pyridine rings is 1. The first kappa shape index (κ1) is 25.7. The molecule has 0 spiro atoms. The zero-order valence-corrected chi connectivity index (χ0v) is 15.8. The maximum absolute atomic E-state index is 12.8. The Labute approximate surface area is 156 Å². The van der Waals surface area contributed by atoms with E-state index >= 15 is 0 Å². The van der Waals surface area contributed by atoms with Crippen molar-refractivity contribution in [2.75, 3.05) is 0 Å². The largest absolute Gasteiger partial charge is 0.389 e. The van der Waals surface area contributed by atoms with Gasteiger partial charge >= 0.3 is 21.5 Å². The molecule has 1 N–H and O–H groups in total. The van der Waals surface area contributed by atoms with Crippen LogP contribution in [0.1, 0.15) is 64.2 Å². The molecule has 0 atom stereocenters. The molecule has 158 valence electrons. The fraction of sp³-hybridized carbons (Fsp3) is 0.706. The predicted octanol–water partition coefficient (Wildman–Crippen LogP) is 6.01. The average molecular weight is 419 g/mol. The first-order valence-electron chi connectivity index (χ1n) is 8.72. The number of nitrogens with zero attached hydrogens (tertiary/aromatic N) is 1. The summed E-state index contributed by atoms with van der Waals surface area (Å²) >= 11 is 0. The number of alkyl halides is 5. The summed E-state index contributed by atoms with van der Waals surface area (Å²) in [6, 6.07) is 5.72. The summed E-state index contributed by atoms with van der Waals surface area (Å²) in [5.41, 5.74) is 0. The van der Waals surface area contributed by atoms with E-state index in [1.54, 1.807) is 12.4 Å². The highest BCUT2D eigenvalue weighted by atomic mass is 32.2. The van der Waals surface area contributed by atoms with E-state index in [-0.39, 0.29) is 12.8 Å². The Morgan fingerprint density at radius 2 is 1.11 bits per heavy atom. The minimum atomic E-state index is -5.35. The van der Waals surface area contributed by atoms with Crippen LogP contribution in [0.4, 0.5) is 22.0 Å². The lowest BCUT2D eigenvalue weighted by atomic mass is 10.1. The third-order valence-corrected chi connectivity index (χ3v) is 4.58. The minimum absolute atomic E-state index is 0.0269. The van der Waals surface area contributed by atoms with E-state index in [9.17, 15) is 30.4 Å². The van der Waals surface area contributed by atoms with Gasteiger partial charge in [-0.05, 0) is 25.0 Å². The molecule has 0 fully saturated rings. The van der Waals surface area contributed by atoms with E-state index in [1.807, 2.05) is 18.2 Å². The van der Waals surface area contributed by atoms with E-state index < -0.39 is 34.4 Å². The molecule has 1 aromatic rings. The summed E-state index contributed by atoms with van der Waals surface area (Å²) in [7, 11) is -5.35. The van der Waals surface area contributed by atoms with Gasteiger partial charge in [-0.1, -0.05) is 44.6 Å². The van der Waals surface area contributed by atoms with Crippen LogP contribution in [0.2, 0.25) is 0 Å². The molecule has 0 aromatic carbocycles. The average Bonchev–Trinajstić information content (AvgIpc) is 2.56. The van der Waals surface area contributed by atoms with Crippen LogP contribution in [0, 0.1) is 0 Å². The highest BCUT2D eigenvalue weighted by Crippen LogP contribution is 2.27. The van der Waals surface area contributed by atoms with Crippen molar-refractivity contribution < 1.29 is 34.9 Å². The van der Waals surface area contributed by atoms with Gasteiger partial charge in [0, 0.05) is 25.2 Å². The molecule has 0 unspecified atom stereocenters. The van der Waals surface area contributed by atoms with Crippen molar-refractivity contribution in [1.82, 2.24) is 4.98 Å². The van der Waals surface area contributed by atoms with Gasteiger partial charge in [-0.15, -0.1) is 0 Å². The van der Waals surface area contributed by atoms with Crippen LogP contribution in [0.3, 0.4) is 0 Å².